The van der Waals surface area contributed by atoms with Crippen LogP contribution in [-0.4, -0.2) is 39.3 Å². The number of fused-ring (bicyclic) bond motifs is 1. The molecule has 0 aliphatic carbocycles. The Morgan fingerprint density at radius 1 is 0.882 bits per heavy atom. The average molecular weight is 480 g/mol. The first-order valence-corrected chi connectivity index (χ1v) is 11.8. The van der Waals surface area contributed by atoms with Crippen molar-refractivity contribution >= 4 is 33.4 Å². The molecule has 0 bridgehead atoms. The van der Waals surface area contributed by atoms with Gasteiger partial charge in [0.2, 0.25) is 0 Å². The number of esters is 1. The summed E-state index contributed by atoms with van der Waals surface area (Å²) >= 11 is 0. The second kappa shape index (κ2) is 10.2. The van der Waals surface area contributed by atoms with Gasteiger partial charge in [0, 0.05) is 11.3 Å². The van der Waals surface area contributed by atoms with Crippen LogP contribution in [0.25, 0.3) is 0 Å². The van der Waals surface area contributed by atoms with Gasteiger partial charge in [-0.1, -0.05) is 30.3 Å². The van der Waals surface area contributed by atoms with E-state index in [2.05, 4.69) is 15.0 Å². The number of aliphatic imine (C=N–C) groups is 1. The van der Waals surface area contributed by atoms with Crippen molar-refractivity contribution in [3.63, 3.8) is 0 Å². The van der Waals surface area contributed by atoms with Gasteiger partial charge in [0.05, 0.1) is 17.9 Å². The first kappa shape index (κ1) is 23.0. The lowest BCUT2D eigenvalue weighted by atomic mass is 10.2. The van der Waals surface area contributed by atoms with Crippen molar-refractivity contribution in [2.24, 2.45) is 4.99 Å². The second-order valence-corrected chi connectivity index (χ2v) is 8.88. The van der Waals surface area contributed by atoms with Crippen molar-refractivity contribution in [2.45, 2.75) is 11.3 Å². The summed E-state index contributed by atoms with van der Waals surface area (Å²) in [6, 6.07) is 22.5. The molecule has 0 spiro atoms. The summed E-state index contributed by atoms with van der Waals surface area (Å²) in [4.78, 5) is 28.3. The zero-order chi connectivity index (χ0) is 24.0. The molecule has 9 nitrogen and oxygen atoms in total. The number of amidine groups is 1. The number of anilines is 1. The standard InChI is InChI=1S/C24H21N3O6S/c28-22(26-17-10-12-19(13-11-17)33-18-6-2-1-3-7-18)16-32-23(29)14-15-25-24-20-8-4-5-9-21(20)34(30,31)27-24/h1-13H,14-16H2,(H,25,27)(H,26,28). The number of nitrogens with one attached hydrogen (secondary N) is 2. The number of rotatable bonds is 8. The first-order chi connectivity index (χ1) is 16.4. The molecule has 0 fully saturated rings. The third kappa shape index (κ3) is 5.78. The van der Waals surface area contributed by atoms with E-state index in [0.29, 0.717) is 22.7 Å². The van der Waals surface area contributed by atoms with Crippen molar-refractivity contribution in [1.29, 1.82) is 0 Å². The van der Waals surface area contributed by atoms with Gasteiger partial charge in [0.15, 0.2) is 6.61 Å². The monoisotopic (exact) mass is 479 g/mol. The summed E-state index contributed by atoms with van der Waals surface area (Å²) in [5.41, 5.74) is 0.982. The molecule has 0 atom stereocenters. The van der Waals surface area contributed by atoms with Crippen molar-refractivity contribution in [2.75, 3.05) is 18.5 Å². The van der Waals surface area contributed by atoms with Crippen LogP contribution >= 0.6 is 0 Å². The lowest BCUT2D eigenvalue weighted by Gasteiger charge is -2.08. The van der Waals surface area contributed by atoms with E-state index in [1.807, 2.05) is 30.3 Å². The quantitative estimate of drug-likeness (QED) is 0.479. The minimum absolute atomic E-state index is 0.00944. The maximum atomic E-state index is 12.1. The molecular formula is C24H21N3O6S. The molecule has 0 saturated heterocycles. The molecule has 1 aliphatic rings. The van der Waals surface area contributed by atoms with Crippen LogP contribution in [-0.2, 0) is 24.3 Å². The van der Waals surface area contributed by atoms with E-state index >= 15 is 0 Å². The van der Waals surface area contributed by atoms with Crippen LogP contribution in [0.2, 0.25) is 0 Å². The molecule has 0 unspecified atom stereocenters. The third-order valence-electron chi connectivity index (χ3n) is 4.73. The van der Waals surface area contributed by atoms with Gasteiger partial charge in [-0.3, -0.25) is 19.3 Å². The van der Waals surface area contributed by atoms with Gasteiger partial charge >= 0.3 is 5.97 Å². The van der Waals surface area contributed by atoms with Crippen LogP contribution in [0.4, 0.5) is 5.69 Å². The Morgan fingerprint density at radius 2 is 1.56 bits per heavy atom. The van der Waals surface area contributed by atoms with Crippen molar-refractivity contribution < 1.29 is 27.5 Å². The SMILES string of the molecule is O=C(COC(=O)CCN=C1NS(=O)(=O)c2ccccc21)Nc1ccc(Oc2ccccc2)cc1. The number of carbonyl (C=O) groups is 2. The van der Waals surface area contributed by atoms with E-state index < -0.39 is 28.5 Å². The van der Waals surface area contributed by atoms with Gasteiger partial charge in [-0.05, 0) is 48.5 Å². The number of hydrogen-bond donors (Lipinski definition) is 2. The maximum Gasteiger partial charge on any atom is 0.308 e. The molecule has 1 heterocycles. The fraction of sp³-hybridized carbons (Fsp3) is 0.125. The second-order valence-electron chi connectivity index (χ2n) is 7.23. The summed E-state index contributed by atoms with van der Waals surface area (Å²) in [6.45, 7) is -0.442. The van der Waals surface area contributed by atoms with Crippen LogP contribution in [0.3, 0.4) is 0 Å². The summed E-state index contributed by atoms with van der Waals surface area (Å²) in [7, 11) is -3.63. The van der Waals surface area contributed by atoms with Crippen LogP contribution in [0, 0.1) is 0 Å². The van der Waals surface area contributed by atoms with E-state index in [1.54, 1.807) is 42.5 Å². The fourth-order valence-electron chi connectivity index (χ4n) is 3.16. The Morgan fingerprint density at radius 3 is 2.32 bits per heavy atom. The van der Waals surface area contributed by atoms with E-state index in [1.165, 1.54) is 6.07 Å². The number of benzene rings is 3. The van der Waals surface area contributed by atoms with Gasteiger partial charge < -0.3 is 14.8 Å². The predicted octanol–water partition coefficient (Wildman–Crippen LogP) is 3.09. The zero-order valence-corrected chi connectivity index (χ0v) is 18.7. The zero-order valence-electron chi connectivity index (χ0n) is 17.9. The van der Waals surface area contributed by atoms with Crippen LogP contribution < -0.4 is 14.8 Å². The molecule has 0 saturated carbocycles. The Kier molecular flexibility index (Phi) is 6.88. The number of ether oxygens (including phenoxy) is 2. The topological polar surface area (TPSA) is 123 Å². The molecular weight excluding hydrogens is 458 g/mol. The number of sulfonamides is 1. The summed E-state index contributed by atoms with van der Waals surface area (Å²) in [5, 5.41) is 2.63. The van der Waals surface area contributed by atoms with Crippen LogP contribution in [0.5, 0.6) is 11.5 Å². The van der Waals surface area contributed by atoms with Gasteiger partial charge in [-0.25, -0.2) is 8.42 Å². The van der Waals surface area contributed by atoms with E-state index in [4.69, 9.17) is 9.47 Å². The Bertz CT molecular complexity index is 1320. The van der Waals surface area contributed by atoms with Crippen LogP contribution in [0.15, 0.2) is 88.8 Å². The molecule has 34 heavy (non-hydrogen) atoms. The molecule has 0 radical (unpaired) electrons. The molecule has 1 aliphatic heterocycles. The van der Waals surface area contributed by atoms with Gasteiger partial charge in [-0.2, -0.15) is 0 Å². The fourth-order valence-corrected chi connectivity index (χ4v) is 4.41. The predicted molar refractivity (Wildman–Crippen MR) is 125 cm³/mol. The Balaban J connectivity index is 1.21. The average Bonchev–Trinajstić information content (AvgIpc) is 3.10. The highest BCUT2D eigenvalue weighted by molar-refractivity contribution is 7.90. The Labute approximate surface area is 196 Å². The number of amides is 1. The highest BCUT2D eigenvalue weighted by Gasteiger charge is 2.29. The molecule has 174 valence electrons. The normalized spacial score (nSPS) is 14.6. The largest absolute Gasteiger partial charge is 0.457 e. The summed E-state index contributed by atoms with van der Waals surface area (Å²) in [5.74, 6) is 0.380. The smallest absolute Gasteiger partial charge is 0.308 e. The first-order valence-electron chi connectivity index (χ1n) is 10.4. The lowest BCUT2D eigenvalue weighted by molar-refractivity contribution is -0.147. The molecule has 10 heteroatoms. The molecule has 4 rings (SSSR count). The highest BCUT2D eigenvalue weighted by atomic mass is 32.2. The minimum Gasteiger partial charge on any atom is -0.457 e. The van der Waals surface area contributed by atoms with Crippen molar-refractivity contribution in [1.82, 2.24) is 4.72 Å². The summed E-state index contributed by atoms with van der Waals surface area (Å²) in [6.07, 6.45) is -0.105. The molecule has 0 aromatic heterocycles. The van der Waals surface area contributed by atoms with E-state index in [-0.39, 0.29) is 23.7 Å². The molecule has 3 aromatic rings. The van der Waals surface area contributed by atoms with Gasteiger partial charge in [0.25, 0.3) is 15.9 Å². The Hall–Kier alpha value is -4.18. The molecule has 2 N–H and O–H groups in total. The number of hydrogen-bond acceptors (Lipinski definition) is 7. The van der Waals surface area contributed by atoms with E-state index in [9.17, 15) is 18.0 Å². The lowest BCUT2D eigenvalue weighted by Crippen LogP contribution is -2.23. The van der Waals surface area contributed by atoms with Gasteiger partial charge in [-0.15, -0.1) is 0 Å². The van der Waals surface area contributed by atoms with Crippen molar-refractivity contribution in [3.8, 4) is 11.5 Å². The van der Waals surface area contributed by atoms with E-state index in [0.717, 1.165) is 0 Å². The number of para-hydroxylation sites is 1. The molecule has 1 amide bonds. The highest BCUT2D eigenvalue weighted by Crippen LogP contribution is 2.23. The summed E-state index contributed by atoms with van der Waals surface area (Å²) < 4.78 is 37.1. The van der Waals surface area contributed by atoms with Crippen LogP contribution in [0.1, 0.15) is 12.0 Å². The number of carbonyl (C=O) groups excluding carboxylic acids is 2. The minimum atomic E-state index is -3.63. The molecule has 3 aromatic carbocycles. The van der Waals surface area contributed by atoms with Crippen molar-refractivity contribution in [3.05, 3.63) is 84.4 Å². The number of nitrogens with zero attached hydrogens (tertiary/aromatic N) is 1. The maximum absolute atomic E-state index is 12.1. The van der Waals surface area contributed by atoms with Gasteiger partial charge in [0.1, 0.15) is 17.3 Å². The third-order valence-corrected chi connectivity index (χ3v) is 6.13.